The average molecular weight is 372 g/mol. The highest BCUT2D eigenvalue weighted by Crippen LogP contribution is 2.26. The van der Waals surface area contributed by atoms with Gasteiger partial charge in [0.15, 0.2) is 0 Å². The third-order valence-electron chi connectivity index (χ3n) is 4.60. The highest BCUT2D eigenvalue weighted by molar-refractivity contribution is 6.39. The standard InChI is InChI=1S/C21H25FN2O3/c1-13-10-14(2)18(15(3)11-13)24-20(26)19(25)23-12-21(4,27-5)16-8-6-7-9-17(16)22/h6-11H,12H2,1-5H3,(H,23,25)(H,24,26). The van der Waals surface area contributed by atoms with Crippen LogP contribution in [0.1, 0.15) is 29.2 Å². The quantitative estimate of drug-likeness (QED) is 0.791. The van der Waals surface area contributed by atoms with Gasteiger partial charge in [0.25, 0.3) is 0 Å². The molecule has 2 N–H and O–H groups in total. The molecule has 0 aromatic heterocycles. The minimum atomic E-state index is -1.10. The number of ether oxygens (including phenoxy) is 1. The summed E-state index contributed by atoms with van der Waals surface area (Å²) in [5.74, 6) is -2.03. The van der Waals surface area contributed by atoms with Crippen LogP contribution in [0, 0.1) is 26.6 Å². The van der Waals surface area contributed by atoms with Crippen molar-refractivity contribution in [1.82, 2.24) is 5.32 Å². The second-order valence-electron chi connectivity index (χ2n) is 6.83. The van der Waals surface area contributed by atoms with E-state index in [0.717, 1.165) is 16.7 Å². The van der Waals surface area contributed by atoms with Gasteiger partial charge in [-0.05, 0) is 44.9 Å². The zero-order valence-corrected chi connectivity index (χ0v) is 16.3. The number of carbonyl (C=O) groups excluding carboxylic acids is 2. The number of carbonyl (C=O) groups is 2. The smallest absolute Gasteiger partial charge is 0.313 e. The maximum Gasteiger partial charge on any atom is 0.313 e. The van der Waals surface area contributed by atoms with Crippen LogP contribution in [0.4, 0.5) is 10.1 Å². The van der Waals surface area contributed by atoms with Gasteiger partial charge in [0.1, 0.15) is 11.4 Å². The molecule has 6 heteroatoms. The lowest BCUT2D eigenvalue weighted by Gasteiger charge is -2.29. The predicted molar refractivity (Wildman–Crippen MR) is 103 cm³/mol. The van der Waals surface area contributed by atoms with Gasteiger partial charge in [-0.1, -0.05) is 35.9 Å². The number of aryl methyl sites for hydroxylation is 3. The number of amides is 2. The number of anilines is 1. The zero-order valence-electron chi connectivity index (χ0n) is 16.3. The summed E-state index contributed by atoms with van der Waals surface area (Å²) in [6, 6.07) is 10.0. The van der Waals surface area contributed by atoms with Crippen LogP contribution < -0.4 is 10.6 Å². The maximum atomic E-state index is 14.1. The monoisotopic (exact) mass is 372 g/mol. The Hall–Kier alpha value is -2.73. The molecular weight excluding hydrogens is 347 g/mol. The first-order valence-electron chi connectivity index (χ1n) is 8.65. The Labute approximate surface area is 158 Å². The number of hydrogen-bond donors (Lipinski definition) is 2. The van der Waals surface area contributed by atoms with Crippen LogP contribution in [-0.2, 0) is 19.9 Å². The van der Waals surface area contributed by atoms with Gasteiger partial charge in [-0.3, -0.25) is 9.59 Å². The van der Waals surface area contributed by atoms with Crippen molar-refractivity contribution in [1.29, 1.82) is 0 Å². The largest absolute Gasteiger partial charge is 0.372 e. The fraction of sp³-hybridized carbons (Fsp3) is 0.333. The molecule has 0 aliphatic rings. The van der Waals surface area contributed by atoms with Crippen LogP contribution in [-0.4, -0.2) is 25.5 Å². The van der Waals surface area contributed by atoms with E-state index in [1.165, 1.54) is 13.2 Å². The van der Waals surface area contributed by atoms with Crippen LogP contribution in [0.5, 0.6) is 0 Å². The van der Waals surface area contributed by atoms with Gasteiger partial charge in [0.2, 0.25) is 0 Å². The van der Waals surface area contributed by atoms with E-state index < -0.39 is 23.2 Å². The van der Waals surface area contributed by atoms with Gasteiger partial charge in [-0.25, -0.2) is 4.39 Å². The third kappa shape index (κ3) is 4.71. The van der Waals surface area contributed by atoms with Crippen molar-refractivity contribution in [2.45, 2.75) is 33.3 Å². The van der Waals surface area contributed by atoms with Crippen LogP contribution in [0.2, 0.25) is 0 Å². The first-order chi connectivity index (χ1) is 12.7. The third-order valence-corrected chi connectivity index (χ3v) is 4.60. The Morgan fingerprint density at radius 1 is 1.07 bits per heavy atom. The van der Waals surface area contributed by atoms with Crippen molar-refractivity contribution in [3.63, 3.8) is 0 Å². The first-order valence-corrected chi connectivity index (χ1v) is 8.65. The Morgan fingerprint density at radius 3 is 2.22 bits per heavy atom. The molecule has 5 nitrogen and oxygen atoms in total. The van der Waals surface area contributed by atoms with Gasteiger partial charge in [-0.2, -0.15) is 0 Å². The molecule has 1 unspecified atom stereocenters. The van der Waals surface area contributed by atoms with E-state index in [1.807, 2.05) is 32.9 Å². The molecule has 0 bridgehead atoms. The second kappa shape index (κ2) is 8.31. The summed E-state index contributed by atoms with van der Waals surface area (Å²) in [6.45, 7) is 7.30. The topological polar surface area (TPSA) is 67.4 Å². The fourth-order valence-electron chi connectivity index (χ4n) is 3.04. The van der Waals surface area contributed by atoms with Crippen molar-refractivity contribution in [2.24, 2.45) is 0 Å². The molecular formula is C21H25FN2O3. The molecule has 0 radical (unpaired) electrons. The molecule has 0 saturated carbocycles. The van der Waals surface area contributed by atoms with Crippen molar-refractivity contribution in [3.8, 4) is 0 Å². The number of nitrogens with one attached hydrogen (secondary N) is 2. The molecule has 2 aromatic carbocycles. The Bertz CT molecular complexity index is 843. The van der Waals surface area contributed by atoms with Gasteiger partial charge >= 0.3 is 11.8 Å². The van der Waals surface area contributed by atoms with E-state index >= 15 is 0 Å². The molecule has 0 heterocycles. The van der Waals surface area contributed by atoms with E-state index in [9.17, 15) is 14.0 Å². The maximum absolute atomic E-state index is 14.1. The molecule has 0 fully saturated rings. The molecule has 2 amide bonds. The highest BCUT2D eigenvalue weighted by atomic mass is 19.1. The summed E-state index contributed by atoms with van der Waals surface area (Å²) < 4.78 is 19.5. The first kappa shape index (κ1) is 20.6. The van der Waals surface area contributed by atoms with Crippen LogP contribution in [0.25, 0.3) is 0 Å². The average Bonchev–Trinajstić information content (AvgIpc) is 2.62. The Morgan fingerprint density at radius 2 is 1.67 bits per heavy atom. The van der Waals surface area contributed by atoms with Crippen molar-refractivity contribution < 1.29 is 18.7 Å². The molecule has 27 heavy (non-hydrogen) atoms. The molecule has 0 aliphatic heterocycles. The number of methoxy groups -OCH3 is 1. The van der Waals surface area contributed by atoms with Crippen molar-refractivity contribution >= 4 is 17.5 Å². The van der Waals surface area contributed by atoms with Gasteiger partial charge in [0, 0.05) is 18.4 Å². The summed E-state index contributed by atoms with van der Waals surface area (Å²) in [4.78, 5) is 24.5. The van der Waals surface area contributed by atoms with Crippen LogP contribution in [0.3, 0.4) is 0 Å². The van der Waals surface area contributed by atoms with E-state index in [2.05, 4.69) is 10.6 Å². The highest BCUT2D eigenvalue weighted by Gasteiger charge is 2.30. The molecule has 0 saturated heterocycles. The molecule has 2 aromatic rings. The summed E-state index contributed by atoms with van der Waals surface area (Å²) in [5.41, 5.74) is 2.65. The summed E-state index contributed by atoms with van der Waals surface area (Å²) in [7, 11) is 1.43. The molecule has 0 aliphatic carbocycles. The van der Waals surface area contributed by atoms with Crippen molar-refractivity contribution in [2.75, 3.05) is 19.0 Å². The number of hydrogen-bond acceptors (Lipinski definition) is 3. The molecule has 0 spiro atoms. The number of rotatable bonds is 5. The normalized spacial score (nSPS) is 13.0. The second-order valence-corrected chi connectivity index (χ2v) is 6.83. The zero-order chi connectivity index (χ0) is 20.2. The predicted octanol–water partition coefficient (Wildman–Crippen LogP) is 3.37. The minimum Gasteiger partial charge on any atom is -0.372 e. The number of benzene rings is 2. The van der Waals surface area contributed by atoms with Gasteiger partial charge in [0.05, 0.1) is 6.54 Å². The lowest BCUT2D eigenvalue weighted by Crippen LogP contribution is -2.44. The van der Waals surface area contributed by atoms with E-state index in [1.54, 1.807) is 25.1 Å². The lowest BCUT2D eigenvalue weighted by atomic mass is 9.95. The summed E-state index contributed by atoms with van der Waals surface area (Å²) in [6.07, 6.45) is 0. The minimum absolute atomic E-state index is 0.0530. The lowest BCUT2D eigenvalue weighted by molar-refractivity contribution is -0.137. The summed E-state index contributed by atoms with van der Waals surface area (Å²) in [5, 5.41) is 5.17. The van der Waals surface area contributed by atoms with Gasteiger partial charge in [-0.15, -0.1) is 0 Å². The summed E-state index contributed by atoms with van der Waals surface area (Å²) >= 11 is 0. The van der Waals surface area contributed by atoms with E-state index in [4.69, 9.17) is 4.74 Å². The molecule has 2 rings (SSSR count). The van der Waals surface area contributed by atoms with E-state index in [-0.39, 0.29) is 6.54 Å². The fourth-order valence-corrected chi connectivity index (χ4v) is 3.04. The number of halogens is 1. The van der Waals surface area contributed by atoms with Gasteiger partial charge < -0.3 is 15.4 Å². The molecule has 1 atom stereocenters. The van der Waals surface area contributed by atoms with Crippen LogP contribution in [0.15, 0.2) is 36.4 Å². The Kier molecular flexibility index (Phi) is 6.33. The SMILES string of the molecule is COC(C)(CNC(=O)C(=O)Nc1c(C)cc(C)cc1C)c1ccccc1F. The molecule has 144 valence electrons. The van der Waals surface area contributed by atoms with Crippen molar-refractivity contribution in [3.05, 3.63) is 64.5 Å². The van der Waals surface area contributed by atoms with Crippen LogP contribution >= 0.6 is 0 Å². The Balaban J connectivity index is 2.08. The van der Waals surface area contributed by atoms with E-state index in [0.29, 0.717) is 11.3 Å².